The standard InChI is InChI=1S/C29H24ClFN2O3/c30-22-15-33(16-22)27(34)19-3-1-17(2-4-19)20-11-21-12-24(14-29(9-10-29)28(32)35)36-26(21)25(13-20)18-5-7-23(31)8-6-18/h1-8,11-13,22H,9-10,14-16H2,(H2,32,35). The molecule has 182 valence electrons. The zero-order chi connectivity index (χ0) is 25.0. The molecule has 1 aromatic heterocycles. The van der Waals surface area contributed by atoms with Gasteiger partial charge in [0, 0.05) is 36.0 Å². The van der Waals surface area contributed by atoms with Crippen LogP contribution in [0.3, 0.4) is 0 Å². The predicted molar refractivity (Wildman–Crippen MR) is 137 cm³/mol. The molecule has 1 saturated heterocycles. The van der Waals surface area contributed by atoms with Gasteiger partial charge in [-0.15, -0.1) is 11.6 Å². The van der Waals surface area contributed by atoms with Gasteiger partial charge in [0.2, 0.25) is 5.91 Å². The van der Waals surface area contributed by atoms with Gasteiger partial charge in [-0.1, -0.05) is 24.3 Å². The number of amides is 2. The molecule has 6 rings (SSSR count). The Hall–Kier alpha value is -3.64. The Bertz CT molecular complexity index is 1480. The number of furan rings is 1. The summed E-state index contributed by atoms with van der Waals surface area (Å²) in [5, 5.41) is 0.915. The number of primary amides is 1. The number of nitrogens with two attached hydrogens (primary N) is 1. The van der Waals surface area contributed by atoms with Crippen molar-refractivity contribution in [3.05, 3.63) is 83.9 Å². The molecule has 0 radical (unpaired) electrons. The average molecular weight is 503 g/mol. The first-order valence-corrected chi connectivity index (χ1v) is 12.4. The van der Waals surface area contributed by atoms with Crippen LogP contribution in [-0.2, 0) is 11.2 Å². The molecular weight excluding hydrogens is 479 g/mol. The second-order valence-corrected chi connectivity index (χ2v) is 10.5. The van der Waals surface area contributed by atoms with Crippen molar-refractivity contribution >= 4 is 34.4 Å². The minimum absolute atomic E-state index is 0.0242. The summed E-state index contributed by atoms with van der Waals surface area (Å²) >= 11 is 6.01. The van der Waals surface area contributed by atoms with E-state index in [0.717, 1.165) is 40.5 Å². The van der Waals surface area contributed by atoms with Gasteiger partial charge in [0.15, 0.2) is 0 Å². The second-order valence-electron chi connectivity index (χ2n) is 9.87. The zero-order valence-electron chi connectivity index (χ0n) is 19.5. The molecule has 0 unspecified atom stereocenters. The van der Waals surface area contributed by atoms with Crippen molar-refractivity contribution in [3.8, 4) is 22.3 Å². The maximum atomic E-state index is 13.6. The van der Waals surface area contributed by atoms with Crippen LogP contribution in [0.25, 0.3) is 33.2 Å². The van der Waals surface area contributed by atoms with Crippen LogP contribution in [0.1, 0.15) is 29.0 Å². The highest BCUT2D eigenvalue weighted by atomic mass is 35.5. The quantitative estimate of drug-likeness (QED) is 0.340. The molecule has 4 aromatic rings. The Morgan fingerprint density at radius 3 is 2.25 bits per heavy atom. The SMILES string of the molecule is NC(=O)C1(Cc2cc3cc(-c4ccc(C(=O)N5CC(Cl)C5)cc4)cc(-c4ccc(F)cc4)c3o2)CC1. The highest BCUT2D eigenvalue weighted by molar-refractivity contribution is 6.22. The minimum atomic E-state index is -0.519. The van der Waals surface area contributed by atoms with Crippen molar-refractivity contribution in [1.82, 2.24) is 4.90 Å². The van der Waals surface area contributed by atoms with Crippen LogP contribution < -0.4 is 5.73 Å². The van der Waals surface area contributed by atoms with Gasteiger partial charge in [-0.3, -0.25) is 9.59 Å². The van der Waals surface area contributed by atoms with Gasteiger partial charge in [0.1, 0.15) is 17.2 Å². The summed E-state index contributed by atoms with van der Waals surface area (Å²) in [6.45, 7) is 1.14. The number of carbonyl (C=O) groups excluding carboxylic acids is 2. The van der Waals surface area contributed by atoms with E-state index in [-0.39, 0.29) is 23.0 Å². The molecule has 1 aliphatic heterocycles. The first-order valence-electron chi connectivity index (χ1n) is 12.0. The maximum absolute atomic E-state index is 13.6. The normalized spacial score (nSPS) is 16.7. The number of nitrogens with zero attached hydrogens (tertiary/aromatic N) is 1. The third-order valence-electron chi connectivity index (χ3n) is 7.30. The number of rotatable bonds is 6. The smallest absolute Gasteiger partial charge is 0.253 e. The van der Waals surface area contributed by atoms with E-state index in [2.05, 4.69) is 0 Å². The average Bonchev–Trinajstić information content (AvgIpc) is 3.53. The van der Waals surface area contributed by atoms with Crippen molar-refractivity contribution in [2.24, 2.45) is 11.1 Å². The molecule has 0 spiro atoms. The first-order chi connectivity index (χ1) is 17.3. The van der Waals surface area contributed by atoms with Crippen LogP contribution >= 0.6 is 11.6 Å². The number of hydrogen-bond donors (Lipinski definition) is 1. The van der Waals surface area contributed by atoms with Gasteiger partial charge >= 0.3 is 0 Å². The van der Waals surface area contributed by atoms with Crippen LogP contribution in [0.5, 0.6) is 0 Å². The van der Waals surface area contributed by atoms with Crippen LogP contribution in [0, 0.1) is 11.2 Å². The van der Waals surface area contributed by atoms with Crippen molar-refractivity contribution in [2.45, 2.75) is 24.6 Å². The molecule has 0 atom stereocenters. The lowest BCUT2D eigenvalue weighted by atomic mass is 9.95. The fourth-order valence-electron chi connectivity index (χ4n) is 4.88. The molecule has 5 nitrogen and oxygen atoms in total. The number of benzene rings is 3. The highest BCUT2D eigenvalue weighted by Gasteiger charge is 2.49. The van der Waals surface area contributed by atoms with Gasteiger partial charge in [-0.2, -0.15) is 0 Å². The van der Waals surface area contributed by atoms with Crippen LogP contribution in [0.15, 0.2) is 71.1 Å². The summed E-state index contributed by atoms with van der Waals surface area (Å²) in [7, 11) is 0. The molecule has 7 heteroatoms. The molecule has 2 N–H and O–H groups in total. The van der Waals surface area contributed by atoms with Crippen LogP contribution in [0.4, 0.5) is 4.39 Å². The number of likely N-dealkylation sites (tertiary alicyclic amines) is 1. The number of hydrogen-bond acceptors (Lipinski definition) is 3. The second kappa shape index (κ2) is 8.49. The molecule has 1 aliphatic carbocycles. The van der Waals surface area contributed by atoms with E-state index in [0.29, 0.717) is 36.4 Å². The molecule has 36 heavy (non-hydrogen) atoms. The largest absolute Gasteiger partial charge is 0.460 e. The van der Waals surface area contributed by atoms with E-state index in [9.17, 15) is 14.0 Å². The van der Waals surface area contributed by atoms with Crippen molar-refractivity contribution in [3.63, 3.8) is 0 Å². The van der Waals surface area contributed by atoms with Gasteiger partial charge in [-0.05, 0) is 72.0 Å². The summed E-state index contributed by atoms with van der Waals surface area (Å²) in [6.07, 6.45) is 2.00. The third kappa shape index (κ3) is 4.05. The van der Waals surface area contributed by atoms with Crippen molar-refractivity contribution in [2.75, 3.05) is 13.1 Å². The fourth-order valence-corrected chi connectivity index (χ4v) is 5.21. The molecule has 0 bridgehead atoms. The Labute approximate surface area is 212 Å². The molecule has 3 aromatic carbocycles. The lowest BCUT2D eigenvalue weighted by Gasteiger charge is -2.35. The Kier molecular flexibility index (Phi) is 5.38. The highest BCUT2D eigenvalue weighted by Crippen LogP contribution is 2.49. The Morgan fingerprint density at radius 1 is 0.972 bits per heavy atom. The first kappa shape index (κ1) is 22.8. The minimum Gasteiger partial charge on any atom is -0.460 e. The summed E-state index contributed by atoms with van der Waals surface area (Å²) in [5.74, 6) is 0.0712. The van der Waals surface area contributed by atoms with E-state index in [4.69, 9.17) is 21.8 Å². The lowest BCUT2D eigenvalue weighted by Crippen LogP contribution is -2.50. The van der Waals surface area contributed by atoms with Gasteiger partial charge in [0.05, 0.1) is 10.8 Å². The number of halogens is 2. The zero-order valence-corrected chi connectivity index (χ0v) is 20.2. The predicted octanol–water partition coefficient (Wildman–Crippen LogP) is 5.78. The van der Waals surface area contributed by atoms with Gasteiger partial charge in [-0.25, -0.2) is 4.39 Å². The number of carbonyl (C=O) groups is 2. The van der Waals surface area contributed by atoms with E-state index in [1.807, 2.05) is 42.5 Å². The molecule has 2 fully saturated rings. The van der Waals surface area contributed by atoms with E-state index < -0.39 is 5.41 Å². The Morgan fingerprint density at radius 2 is 1.64 bits per heavy atom. The van der Waals surface area contributed by atoms with Gasteiger partial charge in [0.25, 0.3) is 5.91 Å². The topological polar surface area (TPSA) is 76.5 Å². The summed E-state index contributed by atoms with van der Waals surface area (Å²) in [4.78, 5) is 26.3. The van der Waals surface area contributed by atoms with Crippen LogP contribution in [0.2, 0.25) is 0 Å². The molecule has 2 amide bonds. The summed E-state index contributed by atoms with van der Waals surface area (Å²) < 4.78 is 19.9. The molecule has 2 aliphatic rings. The molecular formula is C29H24ClFN2O3. The molecule has 2 heterocycles. The third-order valence-corrected chi connectivity index (χ3v) is 7.58. The number of alkyl halides is 1. The van der Waals surface area contributed by atoms with Crippen LogP contribution in [-0.4, -0.2) is 35.2 Å². The van der Waals surface area contributed by atoms with Gasteiger partial charge < -0.3 is 15.1 Å². The summed E-state index contributed by atoms with van der Waals surface area (Å²) in [5.41, 5.74) is 9.94. The molecule has 1 saturated carbocycles. The summed E-state index contributed by atoms with van der Waals surface area (Å²) in [6, 6.07) is 19.8. The van der Waals surface area contributed by atoms with E-state index >= 15 is 0 Å². The van der Waals surface area contributed by atoms with Crippen molar-refractivity contribution in [1.29, 1.82) is 0 Å². The van der Waals surface area contributed by atoms with E-state index in [1.165, 1.54) is 12.1 Å². The maximum Gasteiger partial charge on any atom is 0.253 e. The number of fused-ring (bicyclic) bond motifs is 1. The van der Waals surface area contributed by atoms with Crippen molar-refractivity contribution < 1.29 is 18.4 Å². The fraction of sp³-hybridized carbons (Fsp3) is 0.241. The van der Waals surface area contributed by atoms with E-state index in [1.54, 1.807) is 17.0 Å². The Balaban J connectivity index is 1.39. The monoisotopic (exact) mass is 502 g/mol. The lowest BCUT2D eigenvalue weighted by molar-refractivity contribution is -0.123.